The van der Waals surface area contributed by atoms with E-state index in [-0.39, 0.29) is 0 Å². The minimum atomic E-state index is 0.528. The van der Waals surface area contributed by atoms with Gasteiger partial charge in [0, 0.05) is 12.0 Å². The van der Waals surface area contributed by atoms with E-state index in [2.05, 4.69) is 15.3 Å². The average Bonchev–Trinajstić information content (AvgIpc) is 2.77. The second-order valence-corrected chi connectivity index (χ2v) is 4.22. The molecule has 2 aromatic rings. The lowest BCUT2D eigenvalue weighted by Crippen LogP contribution is -2.09. The number of hydrogen-bond donors (Lipinski definition) is 2. The Labute approximate surface area is 106 Å². The maximum absolute atomic E-state index is 5.86. The SMILES string of the molecule is CCc1nc(N)c(C)c(NCc2ccc(C)o2)n1. The van der Waals surface area contributed by atoms with Crippen LogP contribution in [0.3, 0.4) is 0 Å². The highest BCUT2D eigenvalue weighted by Crippen LogP contribution is 2.18. The molecule has 0 aliphatic carbocycles. The van der Waals surface area contributed by atoms with Crippen LogP contribution in [0.4, 0.5) is 11.6 Å². The van der Waals surface area contributed by atoms with E-state index in [1.54, 1.807) is 0 Å². The zero-order valence-electron chi connectivity index (χ0n) is 10.9. The molecule has 0 spiro atoms. The summed E-state index contributed by atoms with van der Waals surface area (Å²) in [6.07, 6.45) is 0.763. The monoisotopic (exact) mass is 246 g/mol. The van der Waals surface area contributed by atoms with Gasteiger partial charge in [0.25, 0.3) is 0 Å². The third-order valence-corrected chi connectivity index (χ3v) is 2.77. The molecule has 0 fully saturated rings. The van der Waals surface area contributed by atoms with E-state index in [1.807, 2.05) is 32.9 Å². The fourth-order valence-corrected chi connectivity index (χ4v) is 1.66. The van der Waals surface area contributed by atoms with Crippen LogP contribution in [0.1, 0.15) is 29.8 Å². The molecule has 2 aromatic heterocycles. The van der Waals surface area contributed by atoms with E-state index in [4.69, 9.17) is 10.2 Å². The molecule has 0 aliphatic rings. The number of anilines is 2. The van der Waals surface area contributed by atoms with Gasteiger partial charge >= 0.3 is 0 Å². The summed E-state index contributed by atoms with van der Waals surface area (Å²) in [4.78, 5) is 8.64. The van der Waals surface area contributed by atoms with Crippen molar-refractivity contribution in [1.29, 1.82) is 0 Å². The van der Waals surface area contributed by atoms with E-state index >= 15 is 0 Å². The third kappa shape index (κ3) is 2.61. The molecule has 0 unspecified atom stereocenters. The zero-order valence-corrected chi connectivity index (χ0v) is 10.9. The van der Waals surface area contributed by atoms with Crippen molar-refractivity contribution in [1.82, 2.24) is 9.97 Å². The van der Waals surface area contributed by atoms with Crippen LogP contribution in [-0.4, -0.2) is 9.97 Å². The van der Waals surface area contributed by atoms with E-state index in [1.165, 1.54) is 0 Å². The predicted molar refractivity (Wildman–Crippen MR) is 71.3 cm³/mol. The number of rotatable bonds is 4. The van der Waals surface area contributed by atoms with Crippen LogP contribution in [0.2, 0.25) is 0 Å². The van der Waals surface area contributed by atoms with Gasteiger partial charge in [-0.3, -0.25) is 0 Å². The average molecular weight is 246 g/mol. The van der Waals surface area contributed by atoms with E-state index in [0.29, 0.717) is 12.4 Å². The van der Waals surface area contributed by atoms with Crippen molar-refractivity contribution >= 4 is 11.6 Å². The summed E-state index contributed by atoms with van der Waals surface area (Å²) in [5.74, 6) is 3.83. The molecule has 0 aliphatic heterocycles. The largest absolute Gasteiger partial charge is 0.465 e. The molecule has 0 saturated heterocycles. The zero-order chi connectivity index (χ0) is 13.1. The van der Waals surface area contributed by atoms with Gasteiger partial charge in [-0.25, -0.2) is 9.97 Å². The van der Waals surface area contributed by atoms with Crippen molar-refractivity contribution in [3.8, 4) is 0 Å². The summed E-state index contributed by atoms with van der Waals surface area (Å²) in [7, 11) is 0. The van der Waals surface area contributed by atoms with Gasteiger partial charge in [-0.15, -0.1) is 0 Å². The van der Waals surface area contributed by atoms with Crippen LogP contribution in [-0.2, 0) is 13.0 Å². The smallest absolute Gasteiger partial charge is 0.135 e. The molecule has 5 nitrogen and oxygen atoms in total. The summed E-state index contributed by atoms with van der Waals surface area (Å²) in [5.41, 5.74) is 6.73. The number of aromatic nitrogens is 2. The maximum Gasteiger partial charge on any atom is 0.135 e. The molecule has 0 amide bonds. The van der Waals surface area contributed by atoms with Gasteiger partial charge in [-0.2, -0.15) is 0 Å². The number of nitrogens with zero attached hydrogens (tertiary/aromatic N) is 2. The molecule has 0 aromatic carbocycles. The van der Waals surface area contributed by atoms with E-state index < -0.39 is 0 Å². The van der Waals surface area contributed by atoms with Crippen molar-refractivity contribution in [2.75, 3.05) is 11.1 Å². The quantitative estimate of drug-likeness (QED) is 0.866. The highest BCUT2D eigenvalue weighted by Gasteiger charge is 2.08. The first-order valence-electron chi connectivity index (χ1n) is 6.02. The minimum Gasteiger partial charge on any atom is -0.465 e. The van der Waals surface area contributed by atoms with Crippen LogP contribution in [0.25, 0.3) is 0 Å². The summed E-state index contributed by atoms with van der Waals surface area (Å²) in [6.45, 7) is 6.43. The van der Waals surface area contributed by atoms with Gasteiger partial charge in [0.05, 0.1) is 6.54 Å². The number of aryl methyl sites for hydroxylation is 2. The van der Waals surface area contributed by atoms with Crippen LogP contribution >= 0.6 is 0 Å². The molecule has 96 valence electrons. The second kappa shape index (κ2) is 5.08. The van der Waals surface area contributed by atoms with Crippen LogP contribution < -0.4 is 11.1 Å². The van der Waals surface area contributed by atoms with Crippen LogP contribution in [0.5, 0.6) is 0 Å². The number of nitrogen functional groups attached to an aromatic ring is 1. The Bertz CT molecular complexity index is 548. The molecule has 2 heterocycles. The summed E-state index contributed by atoms with van der Waals surface area (Å²) in [5, 5.41) is 3.23. The van der Waals surface area contributed by atoms with Gasteiger partial charge in [0.15, 0.2) is 0 Å². The van der Waals surface area contributed by atoms with Crippen LogP contribution in [0.15, 0.2) is 16.5 Å². The minimum absolute atomic E-state index is 0.528. The van der Waals surface area contributed by atoms with Gasteiger partial charge in [-0.05, 0) is 26.0 Å². The Balaban J connectivity index is 2.15. The lowest BCUT2D eigenvalue weighted by molar-refractivity contribution is 0.490. The highest BCUT2D eigenvalue weighted by atomic mass is 16.3. The fourth-order valence-electron chi connectivity index (χ4n) is 1.66. The number of furan rings is 1. The normalized spacial score (nSPS) is 10.6. The topological polar surface area (TPSA) is 77.0 Å². The molecule has 2 rings (SSSR count). The van der Waals surface area contributed by atoms with Gasteiger partial charge < -0.3 is 15.5 Å². The number of nitrogens with two attached hydrogens (primary N) is 1. The summed E-state index contributed by atoms with van der Waals surface area (Å²) >= 11 is 0. The maximum atomic E-state index is 5.86. The number of nitrogens with one attached hydrogen (secondary N) is 1. The standard InChI is InChI=1S/C13H18N4O/c1-4-11-16-12(14)9(3)13(17-11)15-7-10-6-5-8(2)18-10/h5-6H,4,7H2,1-3H3,(H3,14,15,16,17). The first-order chi connectivity index (χ1) is 8.60. The fraction of sp³-hybridized carbons (Fsp3) is 0.385. The molecule has 18 heavy (non-hydrogen) atoms. The van der Waals surface area contributed by atoms with E-state index in [0.717, 1.165) is 35.1 Å². The van der Waals surface area contributed by atoms with Crippen molar-refractivity contribution in [3.05, 3.63) is 35.0 Å². The van der Waals surface area contributed by atoms with Gasteiger partial charge in [0.1, 0.15) is 29.0 Å². The first-order valence-corrected chi connectivity index (χ1v) is 6.02. The predicted octanol–water partition coefficient (Wildman–Crippen LogP) is 2.44. The van der Waals surface area contributed by atoms with Gasteiger partial charge in [-0.1, -0.05) is 6.92 Å². The van der Waals surface area contributed by atoms with Gasteiger partial charge in [0.2, 0.25) is 0 Å². The highest BCUT2D eigenvalue weighted by molar-refractivity contribution is 5.54. The Morgan fingerprint density at radius 2 is 2.06 bits per heavy atom. The molecular weight excluding hydrogens is 228 g/mol. The second-order valence-electron chi connectivity index (χ2n) is 4.22. The molecule has 0 saturated carbocycles. The van der Waals surface area contributed by atoms with Crippen molar-refractivity contribution < 1.29 is 4.42 Å². The van der Waals surface area contributed by atoms with Crippen molar-refractivity contribution in [2.45, 2.75) is 33.7 Å². The Morgan fingerprint density at radius 1 is 1.28 bits per heavy atom. The first kappa shape index (κ1) is 12.4. The van der Waals surface area contributed by atoms with Crippen molar-refractivity contribution in [3.63, 3.8) is 0 Å². The Morgan fingerprint density at radius 3 is 2.67 bits per heavy atom. The summed E-state index contributed by atoms with van der Waals surface area (Å²) in [6, 6.07) is 3.89. The Kier molecular flexibility index (Phi) is 3.50. The third-order valence-electron chi connectivity index (χ3n) is 2.77. The molecule has 0 atom stereocenters. The molecule has 5 heteroatoms. The lowest BCUT2D eigenvalue weighted by atomic mass is 10.3. The molecule has 3 N–H and O–H groups in total. The van der Waals surface area contributed by atoms with E-state index in [9.17, 15) is 0 Å². The lowest BCUT2D eigenvalue weighted by Gasteiger charge is -2.10. The van der Waals surface area contributed by atoms with Crippen molar-refractivity contribution in [2.24, 2.45) is 0 Å². The Hall–Kier alpha value is -2.04. The molecular formula is C13H18N4O. The molecule has 0 bridgehead atoms. The molecule has 0 radical (unpaired) electrons. The summed E-state index contributed by atoms with van der Waals surface area (Å²) < 4.78 is 5.49. The van der Waals surface area contributed by atoms with Crippen LogP contribution in [0, 0.1) is 13.8 Å². The number of hydrogen-bond acceptors (Lipinski definition) is 5.